The summed E-state index contributed by atoms with van der Waals surface area (Å²) in [5.41, 5.74) is 1.50. The smallest absolute Gasteiger partial charge is 0.247 e. The second kappa shape index (κ2) is 11.1. The van der Waals surface area contributed by atoms with Crippen LogP contribution in [0, 0.1) is 0 Å². The molecule has 1 unspecified atom stereocenters. The molecule has 1 atom stereocenters. The number of aromatic nitrogens is 2. The van der Waals surface area contributed by atoms with Gasteiger partial charge in [-0.2, -0.15) is 0 Å². The van der Waals surface area contributed by atoms with Crippen molar-refractivity contribution in [3.8, 4) is 28.7 Å². The normalized spacial score (nSPS) is 12.2. The molecule has 1 aromatic heterocycles. The quantitative estimate of drug-likeness (QED) is 0.430. The average molecular weight is 444 g/mol. The van der Waals surface area contributed by atoms with Gasteiger partial charge in [0, 0.05) is 17.7 Å². The van der Waals surface area contributed by atoms with Crippen molar-refractivity contribution in [2.24, 2.45) is 0 Å². The standard InChI is InChI=1S/C23H29N3O4S/c1-5-31-21(17-9-6-7-10-18(17)27)23-25-24-22(30-23)16-11-12-19(20(15-16)28-4)29-14-8-13-26(2)3/h6-7,9-12,15,21,27H,5,8,13-14H2,1-4H3. The Balaban J connectivity index is 1.80. The van der Waals surface area contributed by atoms with Crippen LogP contribution in [0.1, 0.15) is 30.0 Å². The minimum absolute atomic E-state index is 0.214. The summed E-state index contributed by atoms with van der Waals surface area (Å²) in [5, 5.41) is 18.5. The summed E-state index contributed by atoms with van der Waals surface area (Å²) >= 11 is 1.62. The van der Waals surface area contributed by atoms with Crippen LogP contribution >= 0.6 is 11.8 Å². The minimum Gasteiger partial charge on any atom is -0.508 e. The van der Waals surface area contributed by atoms with Crippen molar-refractivity contribution < 1.29 is 19.0 Å². The van der Waals surface area contributed by atoms with Crippen LogP contribution in [-0.4, -0.2) is 60.3 Å². The first-order chi connectivity index (χ1) is 15.0. The van der Waals surface area contributed by atoms with Crippen LogP contribution in [0.15, 0.2) is 46.9 Å². The predicted molar refractivity (Wildman–Crippen MR) is 123 cm³/mol. The molecule has 166 valence electrons. The molecule has 7 nitrogen and oxygen atoms in total. The van der Waals surface area contributed by atoms with Gasteiger partial charge in [0.05, 0.1) is 13.7 Å². The van der Waals surface area contributed by atoms with Crippen LogP contribution in [0.2, 0.25) is 0 Å². The molecule has 0 radical (unpaired) electrons. The van der Waals surface area contributed by atoms with Crippen LogP contribution in [0.25, 0.3) is 11.5 Å². The number of rotatable bonds is 11. The lowest BCUT2D eigenvalue weighted by atomic mass is 10.1. The van der Waals surface area contributed by atoms with E-state index in [2.05, 4.69) is 22.0 Å². The van der Waals surface area contributed by atoms with Gasteiger partial charge in [0.2, 0.25) is 11.8 Å². The molecule has 0 aliphatic rings. The number of hydrogen-bond acceptors (Lipinski definition) is 8. The fourth-order valence-corrected chi connectivity index (χ4v) is 4.06. The molecule has 0 bridgehead atoms. The van der Waals surface area contributed by atoms with Crippen LogP contribution in [0.3, 0.4) is 0 Å². The number of phenolic OH excluding ortho intramolecular Hbond substituents is 1. The second-order valence-electron chi connectivity index (χ2n) is 7.21. The molecule has 0 aliphatic carbocycles. The Morgan fingerprint density at radius 1 is 1.13 bits per heavy atom. The molecule has 0 spiro atoms. The van der Waals surface area contributed by atoms with E-state index in [1.807, 2.05) is 44.4 Å². The maximum absolute atomic E-state index is 10.3. The van der Waals surface area contributed by atoms with Gasteiger partial charge in [0.15, 0.2) is 11.5 Å². The number of phenols is 1. The van der Waals surface area contributed by atoms with Crippen molar-refractivity contribution >= 4 is 11.8 Å². The van der Waals surface area contributed by atoms with Crippen LogP contribution < -0.4 is 9.47 Å². The number of hydrogen-bond donors (Lipinski definition) is 1. The van der Waals surface area contributed by atoms with Gasteiger partial charge in [-0.1, -0.05) is 25.1 Å². The van der Waals surface area contributed by atoms with Crippen molar-refractivity contribution in [2.75, 3.05) is 40.1 Å². The molecule has 3 aromatic rings. The molecule has 0 fully saturated rings. The minimum atomic E-state index is -0.242. The number of nitrogens with zero attached hydrogens (tertiary/aromatic N) is 3. The highest BCUT2D eigenvalue weighted by Gasteiger charge is 2.24. The van der Waals surface area contributed by atoms with Crippen molar-refractivity contribution in [1.82, 2.24) is 15.1 Å². The van der Waals surface area contributed by atoms with Crippen LogP contribution in [-0.2, 0) is 0 Å². The van der Waals surface area contributed by atoms with E-state index >= 15 is 0 Å². The highest BCUT2D eigenvalue weighted by molar-refractivity contribution is 7.99. The topological polar surface area (TPSA) is 80.9 Å². The number of aromatic hydroxyl groups is 1. The zero-order chi connectivity index (χ0) is 22.2. The Kier molecular flexibility index (Phi) is 8.20. The van der Waals surface area contributed by atoms with Crippen molar-refractivity contribution in [1.29, 1.82) is 0 Å². The maximum atomic E-state index is 10.3. The Bertz CT molecular complexity index is 977. The molecule has 1 N–H and O–H groups in total. The van der Waals surface area contributed by atoms with Gasteiger partial charge >= 0.3 is 0 Å². The second-order valence-corrected chi connectivity index (χ2v) is 8.59. The Labute approximate surface area is 187 Å². The molecule has 0 saturated carbocycles. The Morgan fingerprint density at radius 3 is 2.65 bits per heavy atom. The van der Waals surface area contributed by atoms with E-state index in [1.165, 1.54) is 0 Å². The first kappa shape index (κ1) is 23.0. The molecular weight excluding hydrogens is 414 g/mol. The van der Waals surface area contributed by atoms with E-state index in [1.54, 1.807) is 31.0 Å². The van der Waals surface area contributed by atoms with E-state index in [9.17, 15) is 5.11 Å². The number of para-hydroxylation sites is 1. The van der Waals surface area contributed by atoms with Crippen molar-refractivity contribution in [2.45, 2.75) is 18.6 Å². The highest BCUT2D eigenvalue weighted by Crippen LogP contribution is 2.40. The monoisotopic (exact) mass is 443 g/mol. The third-order valence-electron chi connectivity index (χ3n) is 4.64. The van der Waals surface area contributed by atoms with Crippen molar-refractivity contribution in [3.05, 3.63) is 53.9 Å². The van der Waals surface area contributed by atoms with Gasteiger partial charge in [0.1, 0.15) is 11.0 Å². The first-order valence-corrected chi connectivity index (χ1v) is 11.3. The van der Waals surface area contributed by atoms with E-state index in [0.717, 1.165) is 29.8 Å². The SMILES string of the molecule is CCSC(c1nnc(-c2ccc(OCCCN(C)C)c(OC)c2)o1)c1ccccc1O. The van der Waals surface area contributed by atoms with Gasteiger partial charge in [-0.05, 0) is 50.5 Å². The lowest BCUT2D eigenvalue weighted by Gasteiger charge is -2.14. The van der Waals surface area contributed by atoms with Crippen LogP contribution in [0.5, 0.6) is 17.2 Å². The maximum Gasteiger partial charge on any atom is 0.247 e. The zero-order valence-corrected chi connectivity index (χ0v) is 19.2. The molecule has 0 saturated heterocycles. The summed E-state index contributed by atoms with van der Waals surface area (Å²) in [6.45, 7) is 3.62. The molecule has 31 heavy (non-hydrogen) atoms. The first-order valence-electron chi connectivity index (χ1n) is 10.2. The average Bonchev–Trinajstić information content (AvgIpc) is 3.25. The summed E-state index contributed by atoms with van der Waals surface area (Å²) < 4.78 is 17.4. The van der Waals surface area contributed by atoms with Gasteiger partial charge in [-0.3, -0.25) is 0 Å². The molecule has 2 aromatic carbocycles. The van der Waals surface area contributed by atoms with E-state index < -0.39 is 0 Å². The predicted octanol–water partition coefficient (Wildman–Crippen LogP) is 4.62. The van der Waals surface area contributed by atoms with Gasteiger partial charge in [-0.15, -0.1) is 22.0 Å². The summed E-state index contributed by atoms with van der Waals surface area (Å²) in [5.74, 6) is 3.19. The molecule has 1 heterocycles. The lowest BCUT2D eigenvalue weighted by Crippen LogP contribution is -2.15. The van der Waals surface area contributed by atoms with E-state index in [4.69, 9.17) is 13.9 Å². The van der Waals surface area contributed by atoms with Gasteiger partial charge in [0.25, 0.3) is 0 Å². The highest BCUT2D eigenvalue weighted by atomic mass is 32.2. The number of thioether (sulfide) groups is 1. The Hall–Kier alpha value is -2.71. The fourth-order valence-electron chi connectivity index (χ4n) is 3.11. The summed E-state index contributed by atoms with van der Waals surface area (Å²) in [4.78, 5) is 2.12. The third-order valence-corrected chi connectivity index (χ3v) is 5.76. The summed E-state index contributed by atoms with van der Waals surface area (Å²) in [6.07, 6.45) is 0.924. The van der Waals surface area contributed by atoms with E-state index in [-0.39, 0.29) is 11.0 Å². The molecular formula is C23H29N3O4S. The number of ether oxygens (including phenoxy) is 2. The van der Waals surface area contributed by atoms with Crippen LogP contribution in [0.4, 0.5) is 0 Å². The fraction of sp³-hybridized carbons (Fsp3) is 0.391. The molecule has 0 aliphatic heterocycles. The third kappa shape index (κ3) is 5.92. The number of benzene rings is 2. The number of methoxy groups -OCH3 is 1. The molecule has 8 heteroatoms. The summed E-state index contributed by atoms with van der Waals surface area (Å²) in [6, 6.07) is 12.8. The summed E-state index contributed by atoms with van der Waals surface area (Å²) in [7, 11) is 5.69. The van der Waals surface area contributed by atoms with Gasteiger partial charge < -0.3 is 23.9 Å². The largest absolute Gasteiger partial charge is 0.508 e. The lowest BCUT2D eigenvalue weighted by molar-refractivity contribution is 0.268. The van der Waals surface area contributed by atoms with Crippen molar-refractivity contribution in [3.63, 3.8) is 0 Å². The molecule has 0 amide bonds. The zero-order valence-electron chi connectivity index (χ0n) is 18.4. The van der Waals surface area contributed by atoms with E-state index in [0.29, 0.717) is 29.9 Å². The van der Waals surface area contributed by atoms with Gasteiger partial charge in [-0.25, -0.2) is 0 Å². The Morgan fingerprint density at radius 2 is 1.94 bits per heavy atom. The molecule has 3 rings (SSSR count).